The van der Waals surface area contributed by atoms with Gasteiger partial charge in [0.2, 0.25) is 0 Å². The molecule has 25 heavy (non-hydrogen) atoms. The number of anilines is 1. The first-order valence-corrected chi connectivity index (χ1v) is 8.94. The van der Waals surface area contributed by atoms with Crippen molar-refractivity contribution in [3.8, 4) is 0 Å². The van der Waals surface area contributed by atoms with E-state index in [2.05, 4.69) is 27.8 Å². The summed E-state index contributed by atoms with van der Waals surface area (Å²) in [6.07, 6.45) is 3.37. The molecule has 138 valence electrons. The molecule has 1 aliphatic heterocycles. The number of nitrogens with one attached hydrogen (secondary N) is 2. The molecular formula is C17H27N5O3. The molecule has 1 saturated heterocycles. The van der Waals surface area contributed by atoms with Crippen LogP contribution < -0.4 is 10.6 Å². The summed E-state index contributed by atoms with van der Waals surface area (Å²) in [6.45, 7) is 6.23. The van der Waals surface area contributed by atoms with Crippen molar-refractivity contribution >= 4 is 17.8 Å². The van der Waals surface area contributed by atoms with Gasteiger partial charge in [0.15, 0.2) is 5.69 Å². The number of amides is 2. The number of rotatable bonds is 7. The number of carbonyl (C=O) groups is 2. The second kappa shape index (κ2) is 9.80. The SMILES string of the molecule is CCCCNC(=O)c1ccc(NC2CCN(C(=O)OCC)CC2)nn1. The third kappa shape index (κ3) is 5.88. The highest BCUT2D eigenvalue weighted by atomic mass is 16.6. The fourth-order valence-electron chi connectivity index (χ4n) is 2.63. The molecule has 0 unspecified atom stereocenters. The Kier molecular flexibility index (Phi) is 7.43. The lowest BCUT2D eigenvalue weighted by Crippen LogP contribution is -2.42. The van der Waals surface area contributed by atoms with Crippen molar-refractivity contribution in [3.05, 3.63) is 17.8 Å². The van der Waals surface area contributed by atoms with Gasteiger partial charge in [-0.1, -0.05) is 13.3 Å². The van der Waals surface area contributed by atoms with Crippen LogP contribution >= 0.6 is 0 Å². The number of hydrogen-bond donors (Lipinski definition) is 2. The van der Waals surface area contributed by atoms with Crippen LogP contribution in [0, 0.1) is 0 Å². The van der Waals surface area contributed by atoms with Crippen LogP contribution in [0.1, 0.15) is 50.0 Å². The van der Waals surface area contributed by atoms with E-state index in [1.807, 2.05) is 0 Å². The Morgan fingerprint density at radius 1 is 1.24 bits per heavy atom. The van der Waals surface area contributed by atoms with Gasteiger partial charge >= 0.3 is 6.09 Å². The fourth-order valence-corrected chi connectivity index (χ4v) is 2.63. The average molecular weight is 349 g/mol. The summed E-state index contributed by atoms with van der Waals surface area (Å²) in [6, 6.07) is 3.66. The van der Waals surface area contributed by atoms with Crippen LogP contribution in [0.4, 0.5) is 10.6 Å². The lowest BCUT2D eigenvalue weighted by molar-refractivity contribution is 0.0946. The number of likely N-dealkylation sites (tertiary alicyclic amines) is 1. The maximum absolute atomic E-state index is 11.9. The Morgan fingerprint density at radius 3 is 2.60 bits per heavy atom. The van der Waals surface area contributed by atoms with Crippen molar-refractivity contribution in [1.29, 1.82) is 0 Å². The van der Waals surface area contributed by atoms with Crippen LogP contribution in [0.3, 0.4) is 0 Å². The largest absolute Gasteiger partial charge is 0.450 e. The molecule has 1 fully saturated rings. The summed E-state index contributed by atoms with van der Waals surface area (Å²) < 4.78 is 5.01. The molecule has 1 aromatic rings. The predicted octanol–water partition coefficient (Wildman–Crippen LogP) is 2.04. The molecule has 2 amide bonds. The van der Waals surface area contributed by atoms with E-state index in [9.17, 15) is 9.59 Å². The number of carbonyl (C=O) groups excluding carboxylic acids is 2. The Bertz CT molecular complexity index is 556. The molecule has 0 bridgehead atoms. The van der Waals surface area contributed by atoms with Gasteiger partial charge in [0.05, 0.1) is 6.61 Å². The number of ether oxygens (including phenoxy) is 1. The second-order valence-corrected chi connectivity index (χ2v) is 6.02. The van der Waals surface area contributed by atoms with Crippen molar-refractivity contribution in [2.75, 3.05) is 31.6 Å². The quantitative estimate of drug-likeness (QED) is 0.731. The predicted molar refractivity (Wildman–Crippen MR) is 94.5 cm³/mol. The van der Waals surface area contributed by atoms with Crippen molar-refractivity contribution in [2.45, 2.75) is 45.6 Å². The van der Waals surface area contributed by atoms with Crippen LogP contribution in [0.5, 0.6) is 0 Å². The third-order valence-corrected chi connectivity index (χ3v) is 4.09. The van der Waals surface area contributed by atoms with Gasteiger partial charge in [-0.25, -0.2) is 4.79 Å². The Morgan fingerprint density at radius 2 is 2.00 bits per heavy atom. The average Bonchev–Trinajstić information content (AvgIpc) is 2.63. The van der Waals surface area contributed by atoms with Gasteiger partial charge in [-0.2, -0.15) is 0 Å². The highest BCUT2D eigenvalue weighted by Crippen LogP contribution is 2.15. The number of nitrogens with zero attached hydrogens (tertiary/aromatic N) is 3. The second-order valence-electron chi connectivity index (χ2n) is 6.02. The zero-order valence-corrected chi connectivity index (χ0v) is 15.0. The van der Waals surface area contributed by atoms with E-state index in [0.717, 1.165) is 25.7 Å². The maximum Gasteiger partial charge on any atom is 0.409 e. The van der Waals surface area contributed by atoms with Gasteiger partial charge in [-0.15, -0.1) is 10.2 Å². The van der Waals surface area contributed by atoms with Gasteiger partial charge in [-0.05, 0) is 38.3 Å². The van der Waals surface area contributed by atoms with E-state index in [4.69, 9.17) is 4.74 Å². The maximum atomic E-state index is 11.9. The lowest BCUT2D eigenvalue weighted by Gasteiger charge is -2.31. The summed E-state index contributed by atoms with van der Waals surface area (Å²) in [5, 5.41) is 14.2. The van der Waals surface area contributed by atoms with Crippen molar-refractivity contribution < 1.29 is 14.3 Å². The van der Waals surface area contributed by atoms with E-state index in [1.165, 1.54) is 0 Å². The summed E-state index contributed by atoms with van der Waals surface area (Å²) in [4.78, 5) is 25.3. The molecule has 1 aromatic heterocycles. The molecule has 0 aliphatic carbocycles. The molecule has 2 rings (SSSR count). The standard InChI is InChI=1S/C17H27N5O3/c1-3-5-10-18-16(23)14-6-7-15(21-20-14)19-13-8-11-22(12-9-13)17(24)25-4-2/h6-7,13H,3-5,8-12H2,1-2H3,(H,18,23)(H,19,21). The molecule has 8 heteroatoms. The molecule has 0 spiro atoms. The number of unbranched alkanes of at least 4 members (excludes halogenated alkanes) is 1. The van der Waals surface area contributed by atoms with Crippen LogP contribution in [0.25, 0.3) is 0 Å². The van der Waals surface area contributed by atoms with Gasteiger partial charge in [-0.3, -0.25) is 4.79 Å². The molecule has 2 N–H and O–H groups in total. The Balaban J connectivity index is 1.78. The number of piperidine rings is 1. The monoisotopic (exact) mass is 349 g/mol. The Hall–Kier alpha value is -2.38. The van der Waals surface area contributed by atoms with Gasteiger partial charge in [0.25, 0.3) is 5.91 Å². The van der Waals surface area contributed by atoms with Gasteiger partial charge < -0.3 is 20.3 Å². The molecule has 1 aliphatic rings. The molecular weight excluding hydrogens is 322 g/mol. The smallest absolute Gasteiger partial charge is 0.409 e. The molecule has 8 nitrogen and oxygen atoms in total. The van der Waals surface area contributed by atoms with Crippen LogP contribution in [0.2, 0.25) is 0 Å². The number of aromatic nitrogens is 2. The summed E-state index contributed by atoms with van der Waals surface area (Å²) in [5.74, 6) is 0.440. The zero-order chi connectivity index (χ0) is 18.1. The normalized spacial score (nSPS) is 14.9. The lowest BCUT2D eigenvalue weighted by atomic mass is 10.1. The number of hydrogen-bond acceptors (Lipinski definition) is 6. The van der Waals surface area contributed by atoms with Crippen LogP contribution in [-0.4, -0.2) is 59.4 Å². The van der Waals surface area contributed by atoms with Crippen molar-refractivity contribution in [1.82, 2.24) is 20.4 Å². The molecule has 0 radical (unpaired) electrons. The first-order chi connectivity index (χ1) is 12.1. The zero-order valence-electron chi connectivity index (χ0n) is 15.0. The van der Waals surface area contributed by atoms with E-state index in [-0.39, 0.29) is 18.0 Å². The van der Waals surface area contributed by atoms with Gasteiger partial charge in [0, 0.05) is 25.7 Å². The van der Waals surface area contributed by atoms with Crippen molar-refractivity contribution in [3.63, 3.8) is 0 Å². The summed E-state index contributed by atoms with van der Waals surface area (Å²) >= 11 is 0. The molecule has 0 atom stereocenters. The van der Waals surface area contributed by atoms with Crippen molar-refractivity contribution in [2.24, 2.45) is 0 Å². The summed E-state index contributed by atoms with van der Waals surface area (Å²) in [5.41, 5.74) is 0.318. The molecule has 0 aromatic carbocycles. The highest BCUT2D eigenvalue weighted by Gasteiger charge is 2.23. The van der Waals surface area contributed by atoms with Crippen LogP contribution in [0.15, 0.2) is 12.1 Å². The minimum atomic E-state index is -0.251. The molecule has 2 heterocycles. The van der Waals surface area contributed by atoms with E-state index >= 15 is 0 Å². The minimum Gasteiger partial charge on any atom is -0.450 e. The third-order valence-electron chi connectivity index (χ3n) is 4.09. The highest BCUT2D eigenvalue weighted by molar-refractivity contribution is 5.92. The topological polar surface area (TPSA) is 96.5 Å². The van der Waals surface area contributed by atoms with E-state index in [1.54, 1.807) is 24.0 Å². The first kappa shape index (κ1) is 19.0. The first-order valence-electron chi connectivity index (χ1n) is 8.94. The van der Waals surface area contributed by atoms with E-state index < -0.39 is 0 Å². The molecule has 0 saturated carbocycles. The fraction of sp³-hybridized carbons (Fsp3) is 0.647. The minimum absolute atomic E-state index is 0.199. The van der Waals surface area contributed by atoms with Crippen LogP contribution in [-0.2, 0) is 4.74 Å². The van der Waals surface area contributed by atoms with E-state index in [0.29, 0.717) is 37.8 Å². The summed E-state index contributed by atoms with van der Waals surface area (Å²) in [7, 11) is 0. The van der Waals surface area contributed by atoms with Gasteiger partial charge in [0.1, 0.15) is 5.82 Å². The Labute approximate surface area is 148 Å².